The molecule has 56 heavy (non-hydrogen) atoms. The number of nitrogens with one attached hydrogen (secondary N) is 1. The Morgan fingerprint density at radius 2 is 1.07 bits per heavy atom. The molecule has 0 bridgehead atoms. The number of hydrogen-bond donors (Lipinski definition) is 18. The lowest BCUT2D eigenvalue weighted by Crippen LogP contribution is -2.72. The van der Waals surface area contributed by atoms with Gasteiger partial charge in [0.25, 0.3) is 0 Å². The summed E-state index contributed by atoms with van der Waals surface area (Å²) in [6.07, 6.45) is -41.0. The molecule has 1 aliphatic carbocycles. The second-order valence-corrected chi connectivity index (χ2v) is 14.3. The van der Waals surface area contributed by atoms with Crippen molar-refractivity contribution in [3.8, 4) is 0 Å². The van der Waals surface area contributed by atoms with Gasteiger partial charge in [0.05, 0.1) is 56.8 Å². The quantitative estimate of drug-likeness (QED) is 0.0642. The maximum absolute atomic E-state index is 11.1. The van der Waals surface area contributed by atoms with Crippen molar-refractivity contribution < 1.29 is 120 Å². The first-order chi connectivity index (χ1) is 26.4. The predicted molar refractivity (Wildman–Crippen MR) is 173 cm³/mol. The standard InChI is InChI=1S/C31H55NO24/c1-7-13(32-14-15(40)8(2-33)16(41)20(45)19(14)44)18(43)23(48)29(51-7)55-27-11(5-36)53-31(25(50)22(27)47)56-28-12(6-37)52-30(24(49)21(28)46)54-26(10(39)4-35)17(42)9(38)3-34/h3,7-33,35-50H,2,4-6H2,1H3/t7-,8-,9-,10+,11-,12+,13-,14-,15-,16-,17-,18+,19+,20+,21+,22-,23-,24-,25-,26-,27-,28-,29+,30+,31+/m0/s1. The van der Waals surface area contributed by atoms with Crippen molar-refractivity contribution in [2.75, 3.05) is 26.4 Å². The Bertz CT molecular complexity index is 1210. The van der Waals surface area contributed by atoms with E-state index in [-0.39, 0.29) is 6.29 Å². The van der Waals surface area contributed by atoms with Gasteiger partial charge in [-0.15, -0.1) is 0 Å². The zero-order valence-electron chi connectivity index (χ0n) is 29.8. The highest BCUT2D eigenvalue weighted by atomic mass is 16.8. The normalized spacial score (nSPS) is 48.5. The van der Waals surface area contributed by atoms with E-state index in [0.717, 1.165) is 0 Å². The van der Waals surface area contributed by atoms with E-state index in [1.165, 1.54) is 6.92 Å². The van der Waals surface area contributed by atoms with Gasteiger partial charge in [0.1, 0.15) is 97.7 Å². The third kappa shape index (κ3) is 9.67. The maximum atomic E-state index is 11.1. The van der Waals surface area contributed by atoms with Crippen molar-refractivity contribution in [2.45, 2.75) is 154 Å². The molecule has 0 aromatic rings. The van der Waals surface area contributed by atoms with Crippen LogP contribution >= 0.6 is 0 Å². The van der Waals surface area contributed by atoms with Crippen LogP contribution in [0.3, 0.4) is 0 Å². The third-order valence-corrected chi connectivity index (χ3v) is 10.7. The Morgan fingerprint density at radius 1 is 0.589 bits per heavy atom. The minimum atomic E-state index is -2.16. The van der Waals surface area contributed by atoms with Crippen molar-refractivity contribution in [1.82, 2.24) is 5.32 Å². The highest BCUT2D eigenvalue weighted by molar-refractivity contribution is 5.56. The summed E-state index contributed by atoms with van der Waals surface area (Å²) in [5.41, 5.74) is 0. The lowest BCUT2D eigenvalue weighted by atomic mass is 9.76. The van der Waals surface area contributed by atoms with Crippen LogP contribution in [0.25, 0.3) is 0 Å². The molecule has 3 aliphatic heterocycles. The van der Waals surface area contributed by atoms with Crippen LogP contribution in [0.15, 0.2) is 0 Å². The molecule has 0 unspecified atom stereocenters. The molecule has 18 N–H and O–H groups in total. The van der Waals surface area contributed by atoms with Crippen LogP contribution in [0.1, 0.15) is 6.92 Å². The molecule has 25 atom stereocenters. The fraction of sp³-hybridized carbons (Fsp3) is 0.968. The minimum absolute atomic E-state index is 0.104. The zero-order chi connectivity index (χ0) is 41.9. The van der Waals surface area contributed by atoms with E-state index in [0.29, 0.717) is 0 Å². The molecule has 0 aromatic carbocycles. The summed E-state index contributed by atoms with van der Waals surface area (Å²) in [7, 11) is 0. The third-order valence-electron chi connectivity index (χ3n) is 10.7. The second kappa shape index (κ2) is 20.3. The zero-order valence-corrected chi connectivity index (χ0v) is 29.8. The van der Waals surface area contributed by atoms with E-state index in [1.807, 2.05) is 0 Å². The average Bonchev–Trinajstić information content (AvgIpc) is 3.18. The van der Waals surface area contributed by atoms with Gasteiger partial charge < -0.3 is 125 Å². The van der Waals surface area contributed by atoms with E-state index < -0.39 is 179 Å². The SMILES string of the molecule is C[C@@H]1O[C@H](O[C@@H]2[C@@H](O)[C@H](O)[C@@H](O[C@@H]3[C@H](O)[C@H](O)[C@@H](O[C@H]([C@@H](O)[C@@H](O)C=O)[C@H](O)CO)O[C@@H]3CO)O[C@H]2CO)[C@@H](O)[C@H](O)[C@H]1N[C@@H]1[C@@H](O)[C@H](O)[C@@H](O)[C@@H](CO)[C@@H]1O. The molecule has 25 heteroatoms. The van der Waals surface area contributed by atoms with Gasteiger partial charge in [-0.2, -0.15) is 0 Å². The molecular weight excluding hydrogens is 770 g/mol. The highest BCUT2D eigenvalue weighted by Gasteiger charge is 2.55. The molecule has 0 amide bonds. The van der Waals surface area contributed by atoms with Crippen LogP contribution in [0.5, 0.6) is 0 Å². The fourth-order valence-corrected chi connectivity index (χ4v) is 7.26. The number of carbonyl (C=O) groups excluding carboxylic acids is 1. The van der Waals surface area contributed by atoms with Crippen LogP contribution in [0.4, 0.5) is 0 Å². The van der Waals surface area contributed by atoms with Gasteiger partial charge in [0.15, 0.2) is 25.2 Å². The number of aliphatic hydroxyl groups excluding tert-OH is 17. The van der Waals surface area contributed by atoms with Gasteiger partial charge in [-0.05, 0) is 6.92 Å². The molecule has 4 aliphatic rings. The largest absolute Gasteiger partial charge is 0.396 e. The molecule has 328 valence electrons. The molecule has 4 rings (SSSR count). The van der Waals surface area contributed by atoms with Crippen LogP contribution in [-0.4, -0.2) is 266 Å². The highest BCUT2D eigenvalue weighted by Crippen LogP contribution is 2.34. The van der Waals surface area contributed by atoms with Crippen LogP contribution < -0.4 is 5.32 Å². The lowest BCUT2D eigenvalue weighted by molar-refractivity contribution is -0.380. The summed E-state index contributed by atoms with van der Waals surface area (Å²) in [6, 6.07) is -2.72. The van der Waals surface area contributed by atoms with Crippen molar-refractivity contribution in [3.05, 3.63) is 0 Å². The van der Waals surface area contributed by atoms with E-state index in [2.05, 4.69) is 5.32 Å². The molecular formula is C31H55NO24. The van der Waals surface area contributed by atoms with Crippen LogP contribution in [0, 0.1) is 5.92 Å². The molecule has 0 radical (unpaired) electrons. The molecule has 3 saturated heterocycles. The van der Waals surface area contributed by atoms with Gasteiger partial charge in [0, 0.05) is 5.92 Å². The van der Waals surface area contributed by atoms with Crippen molar-refractivity contribution in [3.63, 3.8) is 0 Å². The van der Waals surface area contributed by atoms with Gasteiger partial charge in [-0.25, -0.2) is 0 Å². The number of aliphatic hydroxyl groups is 17. The first kappa shape index (κ1) is 47.4. The Morgan fingerprint density at radius 3 is 1.57 bits per heavy atom. The Kier molecular flexibility index (Phi) is 17.2. The number of rotatable bonds is 16. The van der Waals surface area contributed by atoms with Crippen LogP contribution in [-0.2, 0) is 33.2 Å². The summed E-state index contributed by atoms with van der Waals surface area (Å²) in [5, 5.41) is 179. The minimum Gasteiger partial charge on any atom is -0.396 e. The van der Waals surface area contributed by atoms with E-state index in [9.17, 15) is 91.6 Å². The smallest absolute Gasteiger partial charge is 0.187 e. The summed E-state index contributed by atoms with van der Waals surface area (Å²) >= 11 is 0. The topological polar surface area (TPSA) is 428 Å². The summed E-state index contributed by atoms with van der Waals surface area (Å²) in [6.45, 7) is -2.40. The van der Waals surface area contributed by atoms with Gasteiger partial charge in [-0.3, -0.25) is 0 Å². The van der Waals surface area contributed by atoms with Gasteiger partial charge >= 0.3 is 0 Å². The first-order valence-electron chi connectivity index (χ1n) is 17.8. The van der Waals surface area contributed by atoms with E-state index >= 15 is 0 Å². The molecule has 3 heterocycles. The second-order valence-electron chi connectivity index (χ2n) is 14.3. The first-order valence-corrected chi connectivity index (χ1v) is 17.8. The number of ether oxygens (including phenoxy) is 6. The summed E-state index contributed by atoms with van der Waals surface area (Å²) in [4.78, 5) is 11.0. The molecule has 0 aromatic heterocycles. The molecule has 25 nitrogen and oxygen atoms in total. The van der Waals surface area contributed by atoms with E-state index in [1.54, 1.807) is 0 Å². The molecule has 0 spiro atoms. The lowest BCUT2D eigenvalue weighted by Gasteiger charge is -2.50. The van der Waals surface area contributed by atoms with Gasteiger partial charge in [-0.1, -0.05) is 0 Å². The Hall–Kier alpha value is -1.29. The van der Waals surface area contributed by atoms with Gasteiger partial charge in [0.2, 0.25) is 0 Å². The predicted octanol–water partition coefficient (Wildman–Crippen LogP) is -11.8. The number of carbonyl (C=O) groups is 1. The van der Waals surface area contributed by atoms with E-state index in [4.69, 9.17) is 28.4 Å². The Labute approximate surface area is 318 Å². The summed E-state index contributed by atoms with van der Waals surface area (Å²) < 4.78 is 33.3. The molecule has 4 fully saturated rings. The summed E-state index contributed by atoms with van der Waals surface area (Å²) in [5.74, 6) is -1.29. The van der Waals surface area contributed by atoms with Crippen LogP contribution in [0.2, 0.25) is 0 Å². The average molecular weight is 826 g/mol. The number of aldehydes is 1. The van der Waals surface area contributed by atoms with Crippen molar-refractivity contribution in [1.29, 1.82) is 0 Å². The Balaban J connectivity index is 1.42. The fourth-order valence-electron chi connectivity index (χ4n) is 7.26. The van der Waals surface area contributed by atoms with Crippen molar-refractivity contribution >= 4 is 6.29 Å². The monoisotopic (exact) mass is 825 g/mol. The molecule has 1 saturated carbocycles. The van der Waals surface area contributed by atoms with Crippen molar-refractivity contribution in [2.24, 2.45) is 5.92 Å². The maximum Gasteiger partial charge on any atom is 0.187 e. The number of hydrogen-bond acceptors (Lipinski definition) is 25.